The third kappa shape index (κ3) is 3.63. The topological polar surface area (TPSA) is 85.9 Å². The number of hydrogen-bond donors (Lipinski definition) is 0. The number of carbonyl (C=O) groups excluding carboxylic acids is 1. The number of benzene rings is 1. The van der Waals surface area contributed by atoms with E-state index in [0.717, 1.165) is 48.6 Å². The molecule has 2 aromatic heterocycles. The number of tetrazole rings is 1. The Bertz CT molecular complexity index is 1180. The van der Waals surface area contributed by atoms with Gasteiger partial charge in [-0.15, -0.1) is 5.10 Å². The van der Waals surface area contributed by atoms with Gasteiger partial charge >= 0.3 is 0 Å². The number of piperidine rings is 1. The van der Waals surface area contributed by atoms with Crippen molar-refractivity contribution in [2.45, 2.75) is 51.5 Å². The monoisotopic (exact) mass is 432 g/mol. The summed E-state index contributed by atoms with van der Waals surface area (Å²) >= 11 is 0. The maximum Gasteiger partial charge on any atom is 0.250 e. The zero-order valence-corrected chi connectivity index (χ0v) is 18.5. The number of fused-ring (bicyclic) bond motifs is 4. The second-order valence-electron chi connectivity index (χ2n) is 8.99. The van der Waals surface area contributed by atoms with Crippen LogP contribution in [0.25, 0.3) is 5.69 Å². The van der Waals surface area contributed by atoms with Crippen molar-refractivity contribution >= 4 is 5.91 Å². The van der Waals surface area contributed by atoms with E-state index in [9.17, 15) is 9.59 Å². The summed E-state index contributed by atoms with van der Waals surface area (Å²) in [6.07, 6.45) is 3.41. The first-order chi connectivity index (χ1) is 15.5. The molecular weight excluding hydrogens is 404 g/mol. The Hall–Kier alpha value is -3.29. The molecule has 4 heterocycles. The molecule has 5 rings (SSSR count). The summed E-state index contributed by atoms with van der Waals surface area (Å²) < 4.78 is 3.69. The lowest BCUT2D eigenvalue weighted by Crippen LogP contribution is -2.51. The van der Waals surface area contributed by atoms with Crippen LogP contribution in [-0.4, -0.2) is 48.7 Å². The number of aromatic nitrogens is 5. The van der Waals surface area contributed by atoms with Crippen LogP contribution in [0.5, 0.6) is 0 Å². The molecule has 0 aliphatic carbocycles. The first-order valence-corrected chi connectivity index (χ1v) is 11.4. The van der Waals surface area contributed by atoms with Crippen LogP contribution in [-0.2, 0) is 11.2 Å². The van der Waals surface area contributed by atoms with Crippen LogP contribution in [0, 0.1) is 12.8 Å². The predicted octanol–water partition coefficient (Wildman–Crippen LogP) is 2.66. The van der Waals surface area contributed by atoms with E-state index in [1.807, 2.05) is 46.7 Å². The molecule has 0 unspecified atom stereocenters. The van der Waals surface area contributed by atoms with Gasteiger partial charge in [-0.3, -0.25) is 9.59 Å². The van der Waals surface area contributed by atoms with Crippen molar-refractivity contribution in [1.29, 1.82) is 0 Å². The molecule has 1 saturated heterocycles. The summed E-state index contributed by atoms with van der Waals surface area (Å²) in [5.41, 5.74) is 3.03. The van der Waals surface area contributed by atoms with E-state index in [-0.39, 0.29) is 23.4 Å². The van der Waals surface area contributed by atoms with Crippen molar-refractivity contribution in [2.24, 2.45) is 5.92 Å². The Labute approximate surface area is 186 Å². The number of rotatable bonds is 5. The van der Waals surface area contributed by atoms with Gasteiger partial charge in [-0.1, -0.05) is 31.5 Å². The number of aryl methyl sites for hydroxylation is 1. The van der Waals surface area contributed by atoms with Crippen molar-refractivity contribution in [2.75, 3.05) is 13.1 Å². The van der Waals surface area contributed by atoms with Gasteiger partial charge in [0, 0.05) is 36.8 Å². The highest BCUT2D eigenvalue weighted by Crippen LogP contribution is 2.42. The van der Waals surface area contributed by atoms with Gasteiger partial charge in [0.05, 0.1) is 12.1 Å². The molecule has 3 atom stereocenters. The zero-order chi connectivity index (χ0) is 22.2. The highest BCUT2D eigenvalue weighted by molar-refractivity contribution is 5.79. The molecule has 0 radical (unpaired) electrons. The van der Waals surface area contributed by atoms with E-state index >= 15 is 0 Å². The fraction of sp³-hybridized carbons (Fsp3) is 0.458. The lowest BCUT2D eigenvalue weighted by Gasteiger charge is -2.47. The largest absolute Gasteiger partial charge is 0.341 e. The number of pyridine rings is 1. The molecule has 0 spiro atoms. The standard InChI is InChI=1S/C24H28N6O2/c1-3-5-21-18-13-19(22-6-4-7-23(31)29(21)22)15-28(14-18)24(32)12-17-8-10-20(11-9-17)30-16(2)25-26-27-30/h4,6-11,18-19,21H,3,5,12-15H2,1-2H3/t18-,19+,21-/m0/s1. The summed E-state index contributed by atoms with van der Waals surface area (Å²) in [5, 5.41) is 11.6. The Morgan fingerprint density at radius 3 is 2.66 bits per heavy atom. The van der Waals surface area contributed by atoms with Gasteiger partial charge in [0.15, 0.2) is 5.82 Å². The van der Waals surface area contributed by atoms with Crippen molar-refractivity contribution in [3.05, 3.63) is 69.9 Å². The lowest BCUT2D eigenvalue weighted by molar-refractivity contribution is -0.133. The third-order valence-electron chi connectivity index (χ3n) is 6.90. The number of likely N-dealkylation sites (tertiary alicyclic amines) is 1. The van der Waals surface area contributed by atoms with Gasteiger partial charge in [0.2, 0.25) is 5.91 Å². The number of carbonyl (C=O) groups is 1. The average molecular weight is 433 g/mol. The second kappa shape index (κ2) is 8.33. The van der Waals surface area contributed by atoms with E-state index in [2.05, 4.69) is 28.5 Å². The zero-order valence-electron chi connectivity index (χ0n) is 18.5. The van der Waals surface area contributed by atoms with Crippen LogP contribution < -0.4 is 5.56 Å². The molecule has 8 heteroatoms. The fourth-order valence-electron chi connectivity index (χ4n) is 5.42. The van der Waals surface area contributed by atoms with Crippen LogP contribution in [0.3, 0.4) is 0 Å². The van der Waals surface area contributed by atoms with Crippen LogP contribution in [0.15, 0.2) is 47.3 Å². The van der Waals surface area contributed by atoms with E-state index in [1.54, 1.807) is 10.7 Å². The third-order valence-corrected chi connectivity index (χ3v) is 6.90. The highest BCUT2D eigenvalue weighted by Gasteiger charge is 2.41. The van der Waals surface area contributed by atoms with Gasteiger partial charge in [-0.25, -0.2) is 0 Å². The Kier molecular flexibility index (Phi) is 5.36. The fourth-order valence-corrected chi connectivity index (χ4v) is 5.42. The summed E-state index contributed by atoms with van der Waals surface area (Å²) in [5.74, 6) is 1.42. The molecule has 1 aromatic carbocycles. The summed E-state index contributed by atoms with van der Waals surface area (Å²) in [7, 11) is 0. The molecule has 3 aromatic rings. The quantitative estimate of drug-likeness (QED) is 0.619. The minimum Gasteiger partial charge on any atom is -0.341 e. The first kappa shape index (κ1) is 20.6. The van der Waals surface area contributed by atoms with Crippen LogP contribution in [0.1, 0.15) is 55.2 Å². The van der Waals surface area contributed by atoms with E-state index in [4.69, 9.17) is 0 Å². The molecule has 2 aliphatic heterocycles. The minimum atomic E-state index is 0.0911. The lowest BCUT2D eigenvalue weighted by atomic mass is 9.77. The first-order valence-electron chi connectivity index (χ1n) is 11.4. The smallest absolute Gasteiger partial charge is 0.250 e. The Balaban J connectivity index is 1.34. The molecule has 166 valence electrons. The Morgan fingerprint density at radius 2 is 1.94 bits per heavy atom. The molecule has 0 saturated carbocycles. The van der Waals surface area contributed by atoms with Crippen LogP contribution in [0.4, 0.5) is 0 Å². The number of hydrogen-bond acceptors (Lipinski definition) is 5. The molecule has 32 heavy (non-hydrogen) atoms. The maximum atomic E-state index is 13.2. The molecule has 1 fully saturated rings. The van der Waals surface area contributed by atoms with Gasteiger partial charge in [-0.2, -0.15) is 4.68 Å². The van der Waals surface area contributed by atoms with Gasteiger partial charge in [0.1, 0.15) is 0 Å². The summed E-state index contributed by atoms with van der Waals surface area (Å²) in [6, 6.07) is 13.6. The molecule has 8 nitrogen and oxygen atoms in total. The van der Waals surface area contributed by atoms with E-state index in [0.29, 0.717) is 18.9 Å². The Morgan fingerprint density at radius 1 is 1.12 bits per heavy atom. The SMILES string of the molecule is CCC[C@H]1[C@H]2C[C@H](CN(C(=O)Cc3ccc(-n4nnnc4C)cc3)C2)c2cccc(=O)n21. The summed E-state index contributed by atoms with van der Waals surface area (Å²) in [4.78, 5) is 27.9. The average Bonchev–Trinajstić information content (AvgIpc) is 3.23. The van der Waals surface area contributed by atoms with Gasteiger partial charge < -0.3 is 9.47 Å². The predicted molar refractivity (Wildman–Crippen MR) is 120 cm³/mol. The highest BCUT2D eigenvalue weighted by atomic mass is 16.2. The van der Waals surface area contributed by atoms with Crippen molar-refractivity contribution in [3.63, 3.8) is 0 Å². The molecule has 2 aliphatic rings. The molecular formula is C24H28N6O2. The van der Waals surface area contributed by atoms with Crippen molar-refractivity contribution < 1.29 is 4.79 Å². The van der Waals surface area contributed by atoms with Crippen molar-refractivity contribution in [1.82, 2.24) is 29.7 Å². The molecule has 0 N–H and O–H groups in total. The van der Waals surface area contributed by atoms with E-state index in [1.165, 1.54) is 0 Å². The normalized spacial score (nSPS) is 21.9. The second-order valence-corrected chi connectivity index (χ2v) is 8.99. The van der Waals surface area contributed by atoms with Gasteiger partial charge in [-0.05, 0) is 59.9 Å². The van der Waals surface area contributed by atoms with Gasteiger partial charge in [0.25, 0.3) is 5.56 Å². The van der Waals surface area contributed by atoms with E-state index < -0.39 is 0 Å². The molecule has 2 bridgehead atoms. The van der Waals surface area contributed by atoms with Crippen molar-refractivity contribution in [3.8, 4) is 5.69 Å². The number of amides is 1. The molecule has 1 amide bonds. The van der Waals surface area contributed by atoms with Crippen LogP contribution >= 0.6 is 0 Å². The maximum absolute atomic E-state index is 13.2. The summed E-state index contributed by atoms with van der Waals surface area (Å²) in [6.45, 7) is 5.41. The minimum absolute atomic E-state index is 0.0911. The van der Waals surface area contributed by atoms with Crippen LogP contribution in [0.2, 0.25) is 0 Å². The number of nitrogens with zero attached hydrogens (tertiary/aromatic N) is 6.